The number of rotatable bonds is 3. The van der Waals surface area contributed by atoms with Crippen molar-refractivity contribution in [2.45, 2.75) is 25.3 Å². The Bertz CT molecular complexity index is 680. The predicted octanol–water partition coefficient (Wildman–Crippen LogP) is 3.42. The first kappa shape index (κ1) is 13.7. The van der Waals surface area contributed by atoms with Crippen molar-refractivity contribution in [3.63, 3.8) is 0 Å². The molecule has 2 aromatic carbocycles. The van der Waals surface area contributed by atoms with Crippen LogP contribution in [0.2, 0.25) is 0 Å². The van der Waals surface area contributed by atoms with Crippen LogP contribution in [0.5, 0.6) is 0 Å². The number of hydrogen-bond donors (Lipinski definition) is 1. The summed E-state index contributed by atoms with van der Waals surface area (Å²) in [6, 6.07) is 16.1. The Morgan fingerprint density at radius 2 is 2.00 bits per heavy atom. The number of fused-ring (bicyclic) bond motifs is 1. The van der Waals surface area contributed by atoms with Crippen LogP contribution in [0.1, 0.15) is 23.1 Å². The first-order chi connectivity index (χ1) is 10.2. The van der Waals surface area contributed by atoms with E-state index in [9.17, 15) is 4.79 Å². The van der Waals surface area contributed by atoms with Gasteiger partial charge < -0.3 is 10.1 Å². The normalized spacial score (nSPS) is 19.9. The summed E-state index contributed by atoms with van der Waals surface area (Å²) in [4.78, 5) is 12.5. The van der Waals surface area contributed by atoms with Crippen LogP contribution < -0.4 is 5.32 Å². The van der Waals surface area contributed by atoms with E-state index in [1.54, 1.807) is 0 Å². The minimum atomic E-state index is -0.779. The van der Waals surface area contributed by atoms with Gasteiger partial charge >= 0.3 is 5.97 Å². The predicted molar refractivity (Wildman–Crippen MR) is 83.3 cm³/mol. The summed E-state index contributed by atoms with van der Waals surface area (Å²) >= 11 is 0. The maximum atomic E-state index is 12.5. The Hall–Kier alpha value is -2.29. The fourth-order valence-electron chi connectivity index (χ4n) is 3.15. The van der Waals surface area contributed by atoms with Gasteiger partial charge in [-0.15, -0.1) is 0 Å². The molecule has 1 unspecified atom stereocenters. The number of esters is 1. The van der Waals surface area contributed by atoms with Gasteiger partial charge in [-0.25, -0.2) is 4.79 Å². The highest BCUT2D eigenvalue weighted by atomic mass is 16.5. The van der Waals surface area contributed by atoms with Gasteiger partial charge in [-0.1, -0.05) is 36.4 Å². The molecule has 3 nitrogen and oxygen atoms in total. The highest BCUT2D eigenvalue weighted by molar-refractivity contribution is 5.88. The van der Waals surface area contributed by atoms with E-state index in [4.69, 9.17) is 4.74 Å². The lowest BCUT2D eigenvalue weighted by Crippen LogP contribution is -2.42. The molecule has 0 bridgehead atoms. The first-order valence-electron chi connectivity index (χ1n) is 7.17. The molecule has 0 heterocycles. The van der Waals surface area contributed by atoms with E-state index in [0.717, 1.165) is 23.2 Å². The van der Waals surface area contributed by atoms with Crippen molar-refractivity contribution in [1.29, 1.82) is 0 Å². The second kappa shape index (κ2) is 5.24. The molecule has 0 fully saturated rings. The molecule has 0 amide bonds. The average molecular weight is 281 g/mol. The maximum absolute atomic E-state index is 12.5. The van der Waals surface area contributed by atoms with Crippen LogP contribution in [0.4, 0.5) is 5.69 Å². The van der Waals surface area contributed by atoms with E-state index in [2.05, 4.69) is 11.4 Å². The third kappa shape index (κ3) is 2.29. The molecule has 1 aliphatic rings. The number of carbonyl (C=O) groups excluding carboxylic acids is 1. The molecule has 2 aromatic rings. The van der Waals surface area contributed by atoms with Crippen LogP contribution in [0.15, 0.2) is 48.5 Å². The van der Waals surface area contributed by atoms with Crippen molar-refractivity contribution in [2.75, 3.05) is 12.4 Å². The average Bonchev–Trinajstić information content (AvgIpc) is 2.87. The van der Waals surface area contributed by atoms with Crippen molar-refractivity contribution in [1.82, 2.24) is 0 Å². The number of ether oxygens (including phenoxy) is 1. The lowest BCUT2D eigenvalue weighted by atomic mass is 9.91. The summed E-state index contributed by atoms with van der Waals surface area (Å²) in [6.45, 7) is 2.04. The molecule has 0 saturated carbocycles. The van der Waals surface area contributed by atoms with Crippen LogP contribution in [0.25, 0.3) is 0 Å². The molecule has 0 saturated heterocycles. The van der Waals surface area contributed by atoms with Gasteiger partial charge in [0.05, 0.1) is 7.11 Å². The smallest absolute Gasteiger partial charge is 0.336 e. The number of aryl methyl sites for hydroxylation is 2. The molecule has 3 rings (SSSR count). The van der Waals surface area contributed by atoms with E-state index in [1.165, 1.54) is 12.7 Å². The molecular weight excluding hydrogens is 262 g/mol. The number of carbonyl (C=O) groups is 1. The summed E-state index contributed by atoms with van der Waals surface area (Å²) < 4.78 is 5.10. The standard InChI is InChI=1S/C18H19NO2/c1-13-6-5-8-15(12-13)19-18(17(20)21-2)11-10-14-7-3-4-9-16(14)18/h3-9,12,19H,10-11H2,1-2H3. The van der Waals surface area contributed by atoms with Gasteiger partial charge in [0.2, 0.25) is 0 Å². The Labute approximate surface area is 124 Å². The zero-order valence-electron chi connectivity index (χ0n) is 12.3. The molecule has 0 radical (unpaired) electrons. The van der Waals surface area contributed by atoms with E-state index < -0.39 is 5.54 Å². The third-order valence-electron chi connectivity index (χ3n) is 4.16. The molecule has 1 N–H and O–H groups in total. The van der Waals surface area contributed by atoms with Gasteiger partial charge in [0.1, 0.15) is 0 Å². The van der Waals surface area contributed by atoms with E-state index in [-0.39, 0.29) is 5.97 Å². The molecular formula is C18H19NO2. The minimum absolute atomic E-state index is 0.228. The zero-order valence-corrected chi connectivity index (χ0v) is 12.3. The molecule has 108 valence electrons. The molecule has 0 aromatic heterocycles. The topological polar surface area (TPSA) is 38.3 Å². The number of anilines is 1. The van der Waals surface area contributed by atoms with E-state index >= 15 is 0 Å². The van der Waals surface area contributed by atoms with Crippen molar-refractivity contribution < 1.29 is 9.53 Å². The largest absolute Gasteiger partial charge is 0.467 e. The number of nitrogens with one attached hydrogen (secondary N) is 1. The van der Waals surface area contributed by atoms with E-state index in [1.807, 2.05) is 49.4 Å². The second-order valence-electron chi connectivity index (χ2n) is 5.55. The van der Waals surface area contributed by atoms with Gasteiger partial charge in [0, 0.05) is 5.69 Å². The fraction of sp³-hybridized carbons (Fsp3) is 0.278. The number of methoxy groups -OCH3 is 1. The van der Waals surface area contributed by atoms with Crippen molar-refractivity contribution in [3.8, 4) is 0 Å². The molecule has 0 spiro atoms. The summed E-state index contributed by atoms with van der Waals surface area (Å²) in [5.41, 5.74) is 3.56. The van der Waals surface area contributed by atoms with Crippen LogP contribution >= 0.6 is 0 Å². The van der Waals surface area contributed by atoms with Crippen LogP contribution in [-0.4, -0.2) is 13.1 Å². The Kier molecular flexibility index (Phi) is 3.42. The lowest BCUT2D eigenvalue weighted by Gasteiger charge is -2.30. The van der Waals surface area contributed by atoms with Gasteiger partial charge in [0.15, 0.2) is 5.54 Å². The third-order valence-corrected chi connectivity index (χ3v) is 4.16. The highest BCUT2D eigenvalue weighted by Gasteiger charge is 2.46. The van der Waals surface area contributed by atoms with Gasteiger partial charge in [0.25, 0.3) is 0 Å². The second-order valence-corrected chi connectivity index (χ2v) is 5.55. The fourth-order valence-corrected chi connectivity index (χ4v) is 3.15. The zero-order chi connectivity index (χ0) is 14.9. The SMILES string of the molecule is COC(=O)C1(Nc2cccc(C)c2)CCc2ccccc21. The van der Waals surface area contributed by atoms with Gasteiger partial charge in [-0.2, -0.15) is 0 Å². The van der Waals surface area contributed by atoms with E-state index in [0.29, 0.717) is 6.42 Å². The minimum Gasteiger partial charge on any atom is -0.467 e. The molecule has 0 aliphatic heterocycles. The number of benzene rings is 2. The summed E-state index contributed by atoms with van der Waals surface area (Å²) in [7, 11) is 1.45. The van der Waals surface area contributed by atoms with Crippen molar-refractivity contribution >= 4 is 11.7 Å². The van der Waals surface area contributed by atoms with Crippen LogP contribution in [0.3, 0.4) is 0 Å². The molecule has 21 heavy (non-hydrogen) atoms. The molecule has 1 aliphatic carbocycles. The maximum Gasteiger partial charge on any atom is 0.336 e. The van der Waals surface area contributed by atoms with Crippen LogP contribution in [0, 0.1) is 6.92 Å². The Morgan fingerprint density at radius 3 is 2.76 bits per heavy atom. The Morgan fingerprint density at radius 1 is 1.19 bits per heavy atom. The van der Waals surface area contributed by atoms with Gasteiger partial charge in [-0.05, 0) is 48.6 Å². The van der Waals surface area contributed by atoms with Gasteiger partial charge in [-0.3, -0.25) is 0 Å². The summed E-state index contributed by atoms with van der Waals surface area (Å²) in [5, 5.41) is 3.43. The monoisotopic (exact) mass is 281 g/mol. The van der Waals surface area contributed by atoms with Crippen molar-refractivity contribution in [2.24, 2.45) is 0 Å². The van der Waals surface area contributed by atoms with Crippen LogP contribution in [-0.2, 0) is 21.5 Å². The summed E-state index contributed by atoms with van der Waals surface area (Å²) in [5.74, 6) is -0.228. The Balaban J connectivity index is 2.06. The quantitative estimate of drug-likeness (QED) is 0.876. The summed E-state index contributed by atoms with van der Waals surface area (Å²) in [6.07, 6.45) is 1.59. The number of hydrogen-bond acceptors (Lipinski definition) is 3. The molecule has 3 heteroatoms. The molecule has 1 atom stereocenters. The highest BCUT2D eigenvalue weighted by Crippen LogP contribution is 2.40. The lowest BCUT2D eigenvalue weighted by molar-refractivity contribution is -0.146. The van der Waals surface area contributed by atoms with Crippen molar-refractivity contribution in [3.05, 3.63) is 65.2 Å². The first-order valence-corrected chi connectivity index (χ1v) is 7.17.